The fourth-order valence-electron chi connectivity index (χ4n) is 3.18. The largest absolute Gasteiger partial charge is 0.386 e. The molecule has 21 heavy (non-hydrogen) atoms. The number of hydrogen-bond donors (Lipinski definition) is 1. The Labute approximate surface area is 124 Å². The van der Waals surface area contributed by atoms with Crippen molar-refractivity contribution >= 4 is 5.91 Å². The lowest BCUT2D eigenvalue weighted by Gasteiger charge is -2.30. The Morgan fingerprint density at radius 3 is 2.24 bits per heavy atom. The van der Waals surface area contributed by atoms with Gasteiger partial charge in [-0.15, -0.1) is 0 Å². The maximum Gasteiger partial charge on any atom is 0.223 e. The molecule has 3 rings (SSSR count). The van der Waals surface area contributed by atoms with Gasteiger partial charge in [0.2, 0.25) is 5.91 Å². The molecule has 0 radical (unpaired) electrons. The van der Waals surface area contributed by atoms with E-state index in [1.165, 1.54) is 0 Å². The van der Waals surface area contributed by atoms with E-state index in [2.05, 4.69) is 0 Å². The maximum atomic E-state index is 12.1. The van der Waals surface area contributed by atoms with Gasteiger partial charge in [-0.25, -0.2) is 0 Å². The molecule has 3 nitrogen and oxygen atoms in total. The zero-order valence-corrected chi connectivity index (χ0v) is 12.0. The van der Waals surface area contributed by atoms with Crippen molar-refractivity contribution < 1.29 is 9.90 Å². The van der Waals surface area contributed by atoms with Gasteiger partial charge in [-0.2, -0.15) is 0 Å². The van der Waals surface area contributed by atoms with Crippen LogP contribution in [0.4, 0.5) is 0 Å². The molecule has 0 aromatic heterocycles. The van der Waals surface area contributed by atoms with Crippen molar-refractivity contribution in [3.63, 3.8) is 0 Å². The smallest absolute Gasteiger partial charge is 0.223 e. The van der Waals surface area contributed by atoms with Crippen molar-refractivity contribution in [3.05, 3.63) is 71.8 Å². The Kier molecular flexibility index (Phi) is 3.76. The number of benzene rings is 2. The molecule has 1 amide bonds. The van der Waals surface area contributed by atoms with Crippen LogP contribution in [0.25, 0.3) is 0 Å². The van der Waals surface area contributed by atoms with E-state index in [1.54, 1.807) is 11.9 Å². The van der Waals surface area contributed by atoms with Crippen molar-refractivity contribution in [2.75, 3.05) is 7.05 Å². The minimum absolute atomic E-state index is 0.0268. The van der Waals surface area contributed by atoms with Gasteiger partial charge in [0.1, 0.15) is 0 Å². The highest BCUT2D eigenvalue weighted by atomic mass is 16.3. The highest BCUT2D eigenvalue weighted by Crippen LogP contribution is 2.39. The molecule has 0 bridgehead atoms. The lowest BCUT2D eigenvalue weighted by atomic mass is 9.86. The SMILES string of the molecule is CN1C(=O)C[C@@H](c2ccccc2)[C@H]1[C@@H](O)c1ccccc1. The summed E-state index contributed by atoms with van der Waals surface area (Å²) < 4.78 is 0. The first-order chi connectivity index (χ1) is 10.2. The second-order valence-corrected chi connectivity index (χ2v) is 5.57. The van der Waals surface area contributed by atoms with Gasteiger partial charge < -0.3 is 10.0 Å². The quantitative estimate of drug-likeness (QED) is 0.939. The first-order valence-electron chi connectivity index (χ1n) is 7.22. The molecule has 1 aliphatic rings. The van der Waals surface area contributed by atoms with Crippen LogP contribution in [0.3, 0.4) is 0 Å². The molecule has 0 saturated carbocycles. The van der Waals surface area contributed by atoms with Crippen LogP contribution in [0, 0.1) is 0 Å². The second-order valence-electron chi connectivity index (χ2n) is 5.57. The van der Waals surface area contributed by atoms with Crippen molar-refractivity contribution in [2.24, 2.45) is 0 Å². The van der Waals surface area contributed by atoms with Gasteiger partial charge in [0.05, 0.1) is 12.1 Å². The molecule has 3 heteroatoms. The molecular weight excluding hydrogens is 262 g/mol. The molecule has 0 spiro atoms. The third-order valence-electron chi connectivity index (χ3n) is 4.34. The average molecular weight is 281 g/mol. The maximum absolute atomic E-state index is 12.1. The van der Waals surface area contributed by atoms with E-state index in [4.69, 9.17) is 0 Å². The Bertz CT molecular complexity index is 612. The number of carbonyl (C=O) groups is 1. The summed E-state index contributed by atoms with van der Waals surface area (Å²) in [5.41, 5.74) is 1.96. The second kappa shape index (κ2) is 5.70. The molecule has 0 aliphatic carbocycles. The zero-order chi connectivity index (χ0) is 14.8. The van der Waals surface area contributed by atoms with Crippen molar-refractivity contribution in [3.8, 4) is 0 Å². The summed E-state index contributed by atoms with van der Waals surface area (Å²) in [5, 5.41) is 10.7. The number of aliphatic hydroxyl groups is 1. The number of carbonyl (C=O) groups excluding carboxylic acids is 1. The number of aliphatic hydroxyl groups excluding tert-OH is 1. The van der Waals surface area contributed by atoms with Gasteiger partial charge in [-0.3, -0.25) is 4.79 Å². The summed E-state index contributed by atoms with van der Waals surface area (Å²) in [5.74, 6) is 0.114. The summed E-state index contributed by atoms with van der Waals surface area (Å²) >= 11 is 0. The van der Waals surface area contributed by atoms with Crippen LogP contribution in [0.2, 0.25) is 0 Å². The predicted octanol–water partition coefficient (Wildman–Crippen LogP) is 2.73. The van der Waals surface area contributed by atoms with Gasteiger partial charge >= 0.3 is 0 Å². The normalized spacial score (nSPS) is 23.3. The summed E-state index contributed by atoms with van der Waals surface area (Å²) in [7, 11) is 1.78. The zero-order valence-electron chi connectivity index (χ0n) is 12.0. The van der Waals surface area contributed by atoms with Crippen molar-refractivity contribution in [2.45, 2.75) is 24.5 Å². The number of likely N-dealkylation sites (N-methyl/N-ethyl adjacent to an activating group) is 1. The molecular formula is C18H19NO2. The molecule has 1 fully saturated rings. The van der Waals surface area contributed by atoms with Gasteiger partial charge in [0.15, 0.2) is 0 Å². The third kappa shape index (κ3) is 2.57. The van der Waals surface area contributed by atoms with E-state index >= 15 is 0 Å². The number of amides is 1. The van der Waals surface area contributed by atoms with E-state index in [0.717, 1.165) is 11.1 Å². The molecule has 1 heterocycles. The van der Waals surface area contributed by atoms with Gasteiger partial charge in [0, 0.05) is 19.4 Å². The summed E-state index contributed by atoms with van der Waals surface area (Å²) in [6, 6.07) is 19.3. The molecule has 1 saturated heterocycles. The van der Waals surface area contributed by atoms with Crippen molar-refractivity contribution in [1.82, 2.24) is 4.90 Å². The van der Waals surface area contributed by atoms with Crippen LogP contribution in [-0.4, -0.2) is 29.0 Å². The number of rotatable bonds is 3. The minimum atomic E-state index is -0.673. The lowest BCUT2D eigenvalue weighted by Crippen LogP contribution is -2.36. The van der Waals surface area contributed by atoms with Crippen LogP contribution >= 0.6 is 0 Å². The van der Waals surface area contributed by atoms with E-state index in [0.29, 0.717) is 6.42 Å². The summed E-state index contributed by atoms with van der Waals surface area (Å²) in [4.78, 5) is 13.8. The topological polar surface area (TPSA) is 40.5 Å². The first kappa shape index (κ1) is 13.8. The molecule has 1 aliphatic heterocycles. The first-order valence-corrected chi connectivity index (χ1v) is 7.22. The Morgan fingerprint density at radius 2 is 1.62 bits per heavy atom. The summed E-state index contributed by atoms with van der Waals surface area (Å²) in [6.07, 6.45) is -0.220. The van der Waals surface area contributed by atoms with Crippen LogP contribution < -0.4 is 0 Å². The fourth-order valence-corrected chi connectivity index (χ4v) is 3.18. The Balaban J connectivity index is 1.95. The monoisotopic (exact) mass is 281 g/mol. The van der Waals surface area contributed by atoms with Gasteiger partial charge in [0.25, 0.3) is 0 Å². The Hall–Kier alpha value is -2.13. The van der Waals surface area contributed by atoms with Crippen molar-refractivity contribution in [1.29, 1.82) is 0 Å². The standard InChI is InChI=1S/C18H19NO2/c1-19-16(20)12-15(13-8-4-2-5-9-13)17(19)18(21)14-10-6-3-7-11-14/h2-11,15,17-18,21H,12H2,1H3/t15-,17-,18-/m0/s1. The van der Waals surface area contributed by atoms with Crippen LogP contribution in [0.15, 0.2) is 60.7 Å². The minimum Gasteiger partial charge on any atom is -0.386 e. The van der Waals surface area contributed by atoms with E-state index in [-0.39, 0.29) is 17.9 Å². The predicted molar refractivity (Wildman–Crippen MR) is 81.8 cm³/mol. The number of nitrogens with zero attached hydrogens (tertiary/aromatic N) is 1. The number of likely N-dealkylation sites (tertiary alicyclic amines) is 1. The highest BCUT2D eigenvalue weighted by Gasteiger charge is 2.42. The fraction of sp³-hybridized carbons (Fsp3) is 0.278. The lowest BCUT2D eigenvalue weighted by molar-refractivity contribution is -0.128. The number of hydrogen-bond acceptors (Lipinski definition) is 2. The summed E-state index contributed by atoms with van der Waals surface area (Å²) in [6.45, 7) is 0. The molecule has 2 aromatic carbocycles. The van der Waals surface area contributed by atoms with E-state index in [9.17, 15) is 9.90 Å². The Morgan fingerprint density at radius 1 is 1.05 bits per heavy atom. The molecule has 108 valence electrons. The molecule has 1 N–H and O–H groups in total. The van der Waals surface area contributed by atoms with E-state index < -0.39 is 6.10 Å². The van der Waals surface area contributed by atoms with E-state index in [1.807, 2.05) is 60.7 Å². The van der Waals surface area contributed by atoms with Crippen LogP contribution in [0.5, 0.6) is 0 Å². The average Bonchev–Trinajstić information content (AvgIpc) is 2.84. The van der Waals surface area contributed by atoms with Crippen LogP contribution in [0.1, 0.15) is 29.6 Å². The van der Waals surface area contributed by atoms with Crippen LogP contribution in [-0.2, 0) is 4.79 Å². The molecule has 0 unspecified atom stereocenters. The third-order valence-corrected chi connectivity index (χ3v) is 4.34. The van der Waals surface area contributed by atoms with Gasteiger partial charge in [-0.1, -0.05) is 60.7 Å². The van der Waals surface area contributed by atoms with Gasteiger partial charge in [-0.05, 0) is 11.1 Å². The highest BCUT2D eigenvalue weighted by molar-refractivity contribution is 5.80. The molecule has 3 atom stereocenters. The molecule has 2 aromatic rings.